The van der Waals surface area contributed by atoms with E-state index in [9.17, 15) is 14.4 Å². The highest BCUT2D eigenvalue weighted by atomic mass is 16.6. The Hall–Kier alpha value is -3.67. The Bertz CT molecular complexity index is 1280. The van der Waals surface area contributed by atoms with Crippen LogP contribution in [0.25, 0.3) is 0 Å². The molecule has 6 heteroatoms. The molecular formula is C57H94O6. The Labute approximate surface area is 387 Å². The SMILES string of the molecule is CC/C=C\C/C=C\C/C=C\C/C=C\CCCCCCC(=O)OCC(COC(=O)CCCCCCC/C=C\CCCC)OC(=O)CCCCCCCCC/C=C\C/C=C\C/C=C\CC. The lowest BCUT2D eigenvalue weighted by Gasteiger charge is -2.18. The molecule has 0 aliphatic rings. The molecule has 1 atom stereocenters. The Morgan fingerprint density at radius 3 is 0.984 bits per heavy atom. The number of hydrogen-bond acceptors (Lipinski definition) is 6. The summed E-state index contributed by atoms with van der Waals surface area (Å²) < 4.78 is 16.8. The summed E-state index contributed by atoms with van der Waals surface area (Å²) >= 11 is 0. The van der Waals surface area contributed by atoms with E-state index in [1.54, 1.807) is 0 Å². The van der Waals surface area contributed by atoms with E-state index in [1.165, 1.54) is 51.4 Å². The van der Waals surface area contributed by atoms with Crippen molar-refractivity contribution in [2.75, 3.05) is 13.2 Å². The van der Waals surface area contributed by atoms with Crippen LogP contribution in [0.3, 0.4) is 0 Å². The van der Waals surface area contributed by atoms with Crippen molar-refractivity contribution in [3.05, 3.63) is 97.2 Å². The standard InChI is InChI=1S/C57H94O6/c1-4-7-10-13-16-19-22-24-26-28-30-32-35-38-41-44-47-50-56(59)62-53-54(52-61-55(58)49-46-43-40-37-34-21-18-15-12-9-6-3)63-57(60)51-48-45-42-39-36-33-31-29-27-25-23-20-17-14-11-8-5-2/h7-8,10-11,15-20,24-27,30,32,54H,4-6,9,12-14,21-23,28-29,31,33-53H2,1-3H3/b10-7-,11-8-,18-15-,19-16-,20-17-,26-24-,27-25-,32-30-. The maximum Gasteiger partial charge on any atom is 0.306 e. The molecule has 358 valence electrons. The predicted molar refractivity (Wildman–Crippen MR) is 270 cm³/mol. The van der Waals surface area contributed by atoms with Crippen LogP contribution in [0.15, 0.2) is 97.2 Å². The average molecular weight is 875 g/mol. The fourth-order valence-electron chi connectivity index (χ4n) is 6.72. The molecule has 0 rings (SSSR count). The molecule has 63 heavy (non-hydrogen) atoms. The first-order chi connectivity index (χ1) is 31.0. The molecule has 0 aliphatic heterocycles. The van der Waals surface area contributed by atoms with Crippen LogP contribution >= 0.6 is 0 Å². The maximum atomic E-state index is 12.8. The fourth-order valence-corrected chi connectivity index (χ4v) is 6.72. The highest BCUT2D eigenvalue weighted by molar-refractivity contribution is 5.71. The molecule has 0 aromatic heterocycles. The van der Waals surface area contributed by atoms with Gasteiger partial charge in [0.2, 0.25) is 0 Å². The largest absolute Gasteiger partial charge is 0.462 e. The van der Waals surface area contributed by atoms with Gasteiger partial charge in [-0.15, -0.1) is 0 Å². The van der Waals surface area contributed by atoms with E-state index in [4.69, 9.17) is 14.2 Å². The van der Waals surface area contributed by atoms with Crippen LogP contribution in [0.1, 0.15) is 226 Å². The molecule has 0 radical (unpaired) electrons. The third-order valence-electron chi connectivity index (χ3n) is 10.6. The third kappa shape index (κ3) is 49.2. The molecule has 0 saturated heterocycles. The van der Waals surface area contributed by atoms with Crippen molar-refractivity contribution >= 4 is 17.9 Å². The van der Waals surface area contributed by atoms with Gasteiger partial charge >= 0.3 is 17.9 Å². The van der Waals surface area contributed by atoms with Crippen LogP contribution in [0.5, 0.6) is 0 Å². The molecule has 0 fully saturated rings. The Morgan fingerprint density at radius 1 is 0.333 bits per heavy atom. The second kappa shape index (κ2) is 51.0. The van der Waals surface area contributed by atoms with Crippen molar-refractivity contribution in [3.63, 3.8) is 0 Å². The molecule has 6 nitrogen and oxygen atoms in total. The van der Waals surface area contributed by atoms with Gasteiger partial charge in [-0.25, -0.2) is 0 Å². The van der Waals surface area contributed by atoms with Crippen molar-refractivity contribution in [2.24, 2.45) is 0 Å². The number of rotatable bonds is 45. The Morgan fingerprint density at radius 2 is 0.619 bits per heavy atom. The van der Waals surface area contributed by atoms with Gasteiger partial charge in [-0.2, -0.15) is 0 Å². The summed E-state index contributed by atoms with van der Waals surface area (Å²) in [6.07, 6.45) is 66.7. The van der Waals surface area contributed by atoms with E-state index < -0.39 is 6.10 Å². The molecule has 0 aromatic rings. The zero-order chi connectivity index (χ0) is 45.8. The maximum absolute atomic E-state index is 12.8. The van der Waals surface area contributed by atoms with Crippen LogP contribution in [-0.4, -0.2) is 37.2 Å². The zero-order valence-electron chi connectivity index (χ0n) is 40.8. The molecule has 0 aromatic carbocycles. The van der Waals surface area contributed by atoms with Crippen LogP contribution in [0, 0.1) is 0 Å². The molecule has 0 amide bonds. The van der Waals surface area contributed by atoms with Crippen LogP contribution in [-0.2, 0) is 28.6 Å². The molecule has 0 heterocycles. The smallest absolute Gasteiger partial charge is 0.306 e. The highest BCUT2D eigenvalue weighted by Crippen LogP contribution is 2.13. The highest BCUT2D eigenvalue weighted by Gasteiger charge is 2.19. The lowest BCUT2D eigenvalue weighted by molar-refractivity contribution is -0.167. The van der Waals surface area contributed by atoms with E-state index in [0.29, 0.717) is 19.3 Å². The van der Waals surface area contributed by atoms with Gasteiger partial charge in [-0.1, -0.05) is 195 Å². The summed E-state index contributed by atoms with van der Waals surface area (Å²) in [5.74, 6) is -0.942. The van der Waals surface area contributed by atoms with Gasteiger partial charge in [0.15, 0.2) is 6.10 Å². The minimum Gasteiger partial charge on any atom is -0.462 e. The molecule has 0 saturated carbocycles. The van der Waals surface area contributed by atoms with Gasteiger partial charge in [0, 0.05) is 19.3 Å². The van der Waals surface area contributed by atoms with Crippen LogP contribution in [0.2, 0.25) is 0 Å². The molecule has 1 unspecified atom stereocenters. The van der Waals surface area contributed by atoms with E-state index in [2.05, 4.69) is 118 Å². The van der Waals surface area contributed by atoms with Crippen molar-refractivity contribution in [1.82, 2.24) is 0 Å². The van der Waals surface area contributed by atoms with Crippen LogP contribution in [0.4, 0.5) is 0 Å². The second-order valence-corrected chi connectivity index (χ2v) is 16.7. The Balaban J connectivity index is 4.44. The van der Waals surface area contributed by atoms with E-state index in [-0.39, 0.29) is 31.1 Å². The predicted octanol–water partition coefficient (Wildman–Crippen LogP) is 17.0. The second-order valence-electron chi connectivity index (χ2n) is 16.7. The van der Waals surface area contributed by atoms with E-state index in [1.807, 2.05) is 0 Å². The van der Waals surface area contributed by atoms with E-state index >= 15 is 0 Å². The van der Waals surface area contributed by atoms with Gasteiger partial charge in [-0.3, -0.25) is 14.4 Å². The lowest BCUT2D eigenvalue weighted by Crippen LogP contribution is -2.30. The number of carbonyl (C=O) groups excluding carboxylic acids is 3. The van der Waals surface area contributed by atoms with Crippen molar-refractivity contribution in [2.45, 2.75) is 232 Å². The zero-order valence-corrected chi connectivity index (χ0v) is 40.8. The lowest BCUT2D eigenvalue weighted by atomic mass is 10.1. The number of carbonyl (C=O) groups is 3. The van der Waals surface area contributed by atoms with Gasteiger partial charge in [0.1, 0.15) is 13.2 Å². The third-order valence-corrected chi connectivity index (χ3v) is 10.6. The summed E-state index contributed by atoms with van der Waals surface area (Å²) in [6, 6.07) is 0. The molecule has 0 N–H and O–H groups in total. The number of ether oxygens (including phenoxy) is 3. The quantitative estimate of drug-likeness (QED) is 0.0262. The number of hydrogen-bond donors (Lipinski definition) is 0. The first-order valence-electron chi connectivity index (χ1n) is 25.7. The van der Waals surface area contributed by atoms with Gasteiger partial charge in [-0.05, 0) is 109 Å². The normalized spacial score (nSPS) is 12.9. The minimum absolute atomic E-state index is 0.0952. The first-order valence-corrected chi connectivity index (χ1v) is 25.7. The summed E-state index contributed by atoms with van der Waals surface area (Å²) in [6.45, 7) is 6.33. The summed E-state index contributed by atoms with van der Waals surface area (Å²) in [5.41, 5.74) is 0. The fraction of sp³-hybridized carbons (Fsp3) is 0.667. The monoisotopic (exact) mass is 875 g/mol. The Kier molecular flexibility index (Phi) is 48.0. The molecule has 0 spiro atoms. The summed E-state index contributed by atoms with van der Waals surface area (Å²) in [7, 11) is 0. The number of unbranched alkanes of at least 4 members (excludes halogenated alkanes) is 18. The number of esters is 3. The average Bonchev–Trinajstić information content (AvgIpc) is 3.28. The molecule has 0 aliphatic carbocycles. The van der Waals surface area contributed by atoms with E-state index in [0.717, 1.165) is 135 Å². The van der Waals surface area contributed by atoms with Crippen LogP contribution < -0.4 is 0 Å². The minimum atomic E-state index is -0.796. The van der Waals surface area contributed by atoms with Crippen molar-refractivity contribution in [3.8, 4) is 0 Å². The van der Waals surface area contributed by atoms with Gasteiger partial charge in [0.05, 0.1) is 0 Å². The first kappa shape index (κ1) is 59.3. The number of allylic oxidation sites excluding steroid dienone is 16. The summed E-state index contributed by atoms with van der Waals surface area (Å²) in [4.78, 5) is 38.0. The van der Waals surface area contributed by atoms with Gasteiger partial charge < -0.3 is 14.2 Å². The van der Waals surface area contributed by atoms with Crippen molar-refractivity contribution < 1.29 is 28.6 Å². The van der Waals surface area contributed by atoms with Gasteiger partial charge in [0.25, 0.3) is 0 Å². The molecule has 0 bridgehead atoms. The topological polar surface area (TPSA) is 78.9 Å². The van der Waals surface area contributed by atoms with Crippen molar-refractivity contribution in [1.29, 1.82) is 0 Å². The summed E-state index contributed by atoms with van der Waals surface area (Å²) in [5, 5.41) is 0. The molecular weight excluding hydrogens is 781 g/mol.